The molecule has 1 rings (SSSR count). The Morgan fingerprint density at radius 3 is 2.50 bits per heavy atom. The largest absolute Gasteiger partial charge is 0.469 e. The lowest BCUT2D eigenvalue weighted by Crippen LogP contribution is -2.03. The third-order valence-corrected chi connectivity index (χ3v) is 5.53. The zero-order chi connectivity index (χ0) is 12.0. The van der Waals surface area contributed by atoms with Crippen LogP contribution in [0.5, 0.6) is 5.75 Å². The topological polar surface area (TPSA) is 35.5 Å². The Balaban J connectivity index is 2.51. The van der Waals surface area contributed by atoms with Gasteiger partial charge in [0.15, 0.2) is 0 Å². The Morgan fingerprint density at radius 1 is 1.38 bits per heavy atom. The molecule has 0 unspecified atom stereocenters. The van der Waals surface area contributed by atoms with Crippen molar-refractivity contribution in [1.29, 1.82) is 0 Å². The zero-order valence-corrected chi connectivity index (χ0v) is 14.4. The number of hydrogen-bond acceptors (Lipinski definition) is 4. The van der Waals surface area contributed by atoms with E-state index in [1.54, 1.807) is 0 Å². The van der Waals surface area contributed by atoms with Crippen LogP contribution in [0, 0.1) is 0 Å². The Bertz CT molecular complexity index is 345. The fourth-order valence-corrected chi connectivity index (χ4v) is 3.10. The SMILES string of the molecule is COC(=O)Cc1ccc(OSP(I)I)cc1. The van der Waals surface area contributed by atoms with Crippen LogP contribution in [0.15, 0.2) is 24.3 Å². The maximum Gasteiger partial charge on any atom is 0.309 e. The predicted octanol–water partition coefficient (Wildman–Crippen LogP) is 4.53. The first kappa shape index (κ1) is 14.8. The molecule has 0 radical (unpaired) electrons. The van der Waals surface area contributed by atoms with Crippen molar-refractivity contribution in [3.05, 3.63) is 29.8 Å². The number of esters is 1. The van der Waals surface area contributed by atoms with Gasteiger partial charge < -0.3 is 8.92 Å². The average molecular weight is 482 g/mol. The lowest BCUT2D eigenvalue weighted by molar-refractivity contribution is -0.139. The van der Waals surface area contributed by atoms with E-state index in [1.807, 2.05) is 24.3 Å². The molecule has 0 fully saturated rings. The molecule has 16 heavy (non-hydrogen) atoms. The Kier molecular flexibility index (Phi) is 7.34. The minimum Gasteiger partial charge on any atom is -0.469 e. The van der Waals surface area contributed by atoms with E-state index in [2.05, 4.69) is 48.8 Å². The van der Waals surface area contributed by atoms with Crippen molar-refractivity contribution in [3.8, 4) is 5.75 Å². The molecule has 0 aromatic heterocycles. The standard InChI is InChI=1S/C9H9I2O3PS/c1-13-9(12)6-7-2-4-8(5-3-7)14-16-15(10)11/h2-5H,6H2,1H3. The van der Waals surface area contributed by atoms with E-state index in [-0.39, 0.29) is 8.38 Å². The summed E-state index contributed by atoms with van der Waals surface area (Å²) < 4.78 is 9.87. The zero-order valence-electron chi connectivity index (χ0n) is 8.35. The molecule has 1 aromatic rings. The van der Waals surface area contributed by atoms with Crippen LogP contribution >= 0.6 is 58.2 Å². The van der Waals surface area contributed by atoms with Crippen LogP contribution in [0.25, 0.3) is 0 Å². The number of rotatable bonds is 5. The van der Waals surface area contributed by atoms with Gasteiger partial charge in [0.05, 0.1) is 13.5 Å². The molecule has 0 N–H and O–H groups in total. The minimum absolute atomic E-state index is 0.188. The van der Waals surface area contributed by atoms with Crippen molar-refractivity contribution in [2.24, 2.45) is 0 Å². The number of halogens is 2. The molecule has 0 heterocycles. The summed E-state index contributed by atoms with van der Waals surface area (Å²) in [6, 6.07) is 7.46. The van der Waals surface area contributed by atoms with Gasteiger partial charge in [-0.3, -0.25) is 4.79 Å². The van der Waals surface area contributed by atoms with E-state index < -0.39 is 0 Å². The molecule has 7 heteroatoms. The second-order valence-corrected chi connectivity index (χ2v) is 20.3. The molecule has 0 aliphatic heterocycles. The highest BCUT2D eigenvalue weighted by Crippen LogP contribution is 2.64. The summed E-state index contributed by atoms with van der Waals surface area (Å²) in [5.74, 6) is 0.575. The summed E-state index contributed by atoms with van der Waals surface area (Å²) in [4.78, 5) is 11.0. The van der Waals surface area contributed by atoms with Crippen molar-refractivity contribution in [3.63, 3.8) is 0 Å². The molecule has 0 aliphatic carbocycles. The predicted molar refractivity (Wildman–Crippen MR) is 85.3 cm³/mol. The second-order valence-electron chi connectivity index (χ2n) is 2.76. The van der Waals surface area contributed by atoms with E-state index in [1.165, 1.54) is 18.8 Å². The summed E-state index contributed by atoms with van der Waals surface area (Å²) >= 11 is 6.11. The first-order valence-corrected chi connectivity index (χ1v) is 12.5. The highest BCUT2D eigenvalue weighted by molar-refractivity contribution is 14.3. The Labute approximate surface area is 126 Å². The number of carbonyl (C=O) groups excluding carboxylic acids is 1. The number of benzene rings is 1. The molecular weight excluding hydrogens is 473 g/mol. The van der Waals surface area contributed by atoms with Crippen LogP contribution in [-0.2, 0) is 16.0 Å². The van der Waals surface area contributed by atoms with Gasteiger partial charge in [0, 0.05) is 0 Å². The first-order chi connectivity index (χ1) is 7.61. The number of ether oxygens (including phenoxy) is 1. The lowest BCUT2D eigenvalue weighted by Gasteiger charge is -2.05. The molecule has 0 aliphatic rings. The molecule has 0 atom stereocenters. The van der Waals surface area contributed by atoms with Gasteiger partial charge in [0.25, 0.3) is 0 Å². The Morgan fingerprint density at radius 2 is 2.00 bits per heavy atom. The molecule has 0 spiro atoms. The van der Waals surface area contributed by atoms with Crippen molar-refractivity contribution in [1.82, 2.24) is 0 Å². The van der Waals surface area contributed by atoms with Crippen molar-refractivity contribution in [2.75, 3.05) is 7.11 Å². The maximum atomic E-state index is 11.0. The smallest absolute Gasteiger partial charge is 0.309 e. The van der Waals surface area contributed by atoms with Crippen LogP contribution in [0.3, 0.4) is 0 Å². The van der Waals surface area contributed by atoms with Crippen molar-refractivity contribution < 1.29 is 13.7 Å². The van der Waals surface area contributed by atoms with Crippen LogP contribution in [0.4, 0.5) is 0 Å². The molecular formula is C9H9I2O3PS. The summed E-state index contributed by atoms with van der Waals surface area (Å²) in [6.45, 7) is 0. The highest BCUT2D eigenvalue weighted by Gasteiger charge is 2.04. The van der Waals surface area contributed by atoms with E-state index >= 15 is 0 Å². The van der Waals surface area contributed by atoms with Gasteiger partial charge in [-0.15, -0.1) is 0 Å². The van der Waals surface area contributed by atoms with Crippen LogP contribution in [0.2, 0.25) is 0 Å². The first-order valence-electron chi connectivity index (χ1n) is 4.24. The van der Waals surface area contributed by atoms with Gasteiger partial charge in [-0.2, -0.15) is 0 Å². The average Bonchev–Trinajstić information content (AvgIpc) is 2.28. The van der Waals surface area contributed by atoms with Gasteiger partial charge in [-0.05, 0) is 61.8 Å². The molecule has 0 saturated heterocycles. The minimum atomic E-state index is -0.230. The summed E-state index contributed by atoms with van der Waals surface area (Å²) in [7, 11) is 1.39. The highest BCUT2D eigenvalue weighted by atomic mass is 127. The van der Waals surface area contributed by atoms with E-state index in [0.29, 0.717) is 6.42 Å². The Hall–Kier alpha value is 0.730. The van der Waals surface area contributed by atoms with Gasteiger partial charge in [0.1, 0.15) is 19.8 Å². The van der Waals surface area contributed by atoms with Crippen LogP contribution < -0.4 is 4.18 Å². The maximum absolute atomic E-state index is 11.0. The number of methoxy groups -OCH3 is 1. The van der Waals surface area contributed by atoms with Gasteiger partial charge in [-0.25, -0.2) is 0 Å². The van der Waals surface area contributed by atoms with Gasteiger partial charge >= 0.3 is 5.97 Å². The fourth-order valence-electron chi connectivity index (χ4n) is 0.973. The number of hydrogen-bond donors (Lipinski definition) is 0. The summed E-state index contributed by atoms with van der Waals surface area (Å²) in [6.07, 6.45) is 0.301. The molecule has 3 nitrogen and oxygen atoms in total. The molecule has 88 valence electrons. The number of carbonyl (C=O) groups is 1. The normalized spacial score (nSPS) is 10.2. The van der Waals surface area contributed by atoms with Crippen LogP contribution in [0.1, 0.15) is 5.56 Å². The molecule has 0 amide bonds. The summed E-state index contributed by atoms with van der Waals surface area (Å²) in [5, 5.41) is 0. The lowest BCUT2D eigenvalue weighted by atomic mass is 10.1. The van der Waals surface area contributed by atoms with Crippen molar-refractivity contribution >= 4 is 64.1 Å². The molecule has 1 aromatic carbocycles. The molecule has 0 saturated carbocycles. The van der Waals surface area contributed by atoms with E-state index in [4.69, 9.17) is 4.18 Å². The van der Waals surface area contributed by atoms with Gasteiger partial charge in [0.2, 0.25) is 0 Å². The fraction of sp³-hybridized carbons (Fsp3) is 0.222. The monoisotopic (exact) mass is 482 g/mol. The summed E-state index contributed by atoms with van der Waals surface area (Å²) in [5.41, 5.74) is 0.926. The third-order valence-electron chi connectivity index (χ3n) is 1.69. The van der Waals surface area contributed by atoms with Crippen LogP contribution in [-0.4, -0.2) is 13.1 Å². The second kappa shape index (κ2) is 7.94. The molecule has 0 bridgehead atoms. The third kappa shape index (κ3) is 5.88. The van der Waals surface area contributed by atoms with E-state index in [0.717, 1.165) is 11.3 Å². The quantitative estimate of drug-likeness (QED) is 0.268. The van der Waals surface area contributed by atoms with E-state index in [9.17, 15) is 4.79 Å². The van der Waals surface area contributed by atoms with Crippen molar-refractivity contribution in [2.45, 2.75) is 6.42 Å². The van der Waals surface area contributed by atoms with Gasteiger partial charge in [-0.1, -0.05) is 12.1 Å².